The number of nitrogens with one attached hydrogen (secondary N) is 1. The molecule has 0 spiro atoms. The SMILES string of the molecule is Cl.Cl.Nc1ccc(C(=O)N[C@H]2CCN(CCCC(c3ccc(F)cc3)c3ccc(F)cc3)C[C@@H]2O)cc1. The first kappa shape index (κ1) is 30.5. The smallest absolute Gasteiger partial charge is 0.251 e. The van der Waals surface area contributed by atoms with Crippen molar-refractivity contribution in [1.29, 1.82) is 0 Å². The minimum atomic E-state index is -0.661. The molecule has 1 saturated heterocycles. The molecule has 4 rings (SSSR count). The maximum absolute atomic E-state index is 13.4. The Morgan fingerprint density at radius 1 is 0.946 bits per heavy atom. The highest BCUT2D eigenvalue weighted by atomic mass is 35.5. The molecule has 0 bridgehead atoms. The number of likely N-dealkylation sites (tertiary alicyclic amines) is 1. The third-order valence-corrected chi connectivity index (χ3v) is 6.67. The van der Waals surface area contributed by atoms with E-state index in [1.807, 2.05) is 0 Å². The van der Waals surface area contributed by atoms with Gasteiger partial charge in [-0.2, -0.15) is 0 Å². The molecule has 0 saturated carbocycles. The van der Waals surface area contributed by atoms with Crippen molar-refractivity contribution in [2.75, 3.05) is 25.4 Å². The lowest BCUT2D eigenvalue weighted by Crippen LogP contribution is -2.54. The van der Waals surface area contributed by atoms with Gasteiger partial charge in [0.2, 0.25) is 0 Å². The van der Waals surface area contributed by atoms with Crippen molar-refractivity contribution in [2.45, 2.75) is 37.3 Å². The summed E-state index contributed by atoms with van der Waals surface area (Å²) in [4.78, 5) is 14.7. The van der Waals surface area contributed by atoms with Crippen molar-refractivity contribution < 1.29 is 18.7 Å². The number of rotatable bonds is 8. The molecule has 5 nitrogen and oxygen atoms in total. The number of nitrogens with two attached hydrogens (primary N) is 1. The molecule has 9 heteroatoms. The molecule has 37 heavy (non-hydrogen) atoms. The molecule has 1 aliphatic rings. The fraction of sp³-hybridized carbons (Fsp3) is 0.321. The maximum Gasteiger partial charge on any atom is 0.251 e. The largest absolute Gasteiger partial charge is 0.399 e. The van der Waals surface area contributed by atoms with Gasteiger partial charge in [-0.05, 0) is 85.5 Å². The number of piperidine rings is 1. The quantitative estimate of drug-likeness (QED) is 0.337. The summed E-state index contributed by atoms with van der Waals surface area (Å²) in [6, 6.07) is 19.3. The summed E-state index contributed by atoms with van der Waals surface area (Å²) in [7, 11) is 0. The molecule has 0 unspecified atom stereocenters. The number of aliphatic hydroxyl groups excluding tert-OH is 1. The Kier molecular flexibility index (Phi) is 11.8. The van der Waals surface area contributed by atoms with Crippen LogP contribution in [0.1, 0.15) is 46.7 Å². The Labute approximate surface area is 228 Å². The molecule has 3 aromatic rings. The van der Waals surface area contributed by atoms with Crippen molar-refractivity contribution in [1.82, 2.24) is 10.2 Å². The van der Waals surface area contributed by atoms with E-state index in [-0.39, 0.29) is 54.3 Å². The molecule has 0 radical (unpaired) electrons. The van der Waals surface area contributed by atoms with E-state index in [4.69, 9.17) is 5.73 Å². The zero-order valence-electron chi connectivity index (χ0n) is 20.4. The number of nitrogens with zero attached hydrogens (tertiary/aromatic N) is 1. The average molecular weight is 552 g/mol. The van der Waals surface area contributed by atoms with Gasteiger partial charge in [-0.1, -0.05) is 24.3 Å². The normalized spacial score (nSPS) is 17.5. The van der Waals surface area contributed by atoms with E-state index in [1.54, 1.807) is 48.5 Å². The lowest BCUT2D eigenvalue weighted by molar-refractivity contribution is 0.0373. The van der Waals surface area contributed by atoms with Gasteiger partial charge in [0.05, 0.1) is 12.1 Å². The van der Waals surface area contributed by atoms with Crippen LogP contribution in [0.3, 0.4) is 0 Å². The monoisotopic (exact) mass is 551 g/mol. The molecule has 0 aromatic heterocycles. The molecule has 200 valence electrons. The lowest BCUT2D eigenvalue weighted by atomic mass is 9.87. The number of anilines is 1. The number of hydrogen-bond acceptors (Lipinski definition) is 4. The number of hydrogen-bond donors (Lipinski definition) is 3. The van der Waals surface area contributed by atoms with Crippen LogP contribution in [0.2, 0.25) is 0 Å². The maximum atomic E-state index is 13.4. The highest BCUT2D eigenvalue weighted by molar-refractivity contribution is 5.94. The Morgan fingerprint density at radius 3 is 2.00 bits per heavy atom. The molecule has 1 heterocycles. The summed E-state index contributed by atoms with van der Waals surface area (Å²) in [6.45, 7) is 2.03. The highest BCUT2D eigenvalue weighted by Crippen LogP contribution is 2.30. The first-order valence-electron chi connectivity index (χ1n) is 12.0. The molecule has 0 aliphatic carbocycles. The summed E-state index contributed by atoms with van der Waals surface area (Å²) in [5.41, 5.74) is 8.76. The van der Waals surface area contributed by atoms with Crippen LogP contribution in [0.25, 0.3) is 0 Å². The van der Waals surface area contributed by atoms with Crippen molar-refractivity contribution in [3.63, 3.8) is 0 Å². The summed E-state index contributed by atoms with van der Waals surface area (Å²) >= 11 is 0. The van der Waals surface area contributed by atoms with Crippen LogP contribution in [-0.4, -0.2) is 47.7 Å². The van der Waals surface area contributed by atoms with Crippen LogP contribution in [0.15, 0.2) is 72.8 Å². The number of nitrogen functional groups attached to an aromatic ring is 1. The van der Waals surface area contributed by atoms with Crippen LogP contribution in [0.4, 0.5) is 14.5 Å². The molecular weight excluding hydrogens is 519 g/mol. The standard InChI is InChI=1S/C28H31F2N3O2.2ClH/c29-22-9-3-19(4-10-22)25(20-5-11-23(30)12-6-20)2-1-16-33-17-15-26(27(34)18-33)32-28(35)21-7-13-24(31)14-8-21;;/h3-14,25-27,34H,1-2,15-18,31H2,(H,32,35);2*1H/t26-,27-;;/m0../s1. The van der Waals surface area contributed by atoms with Crippen molar-refractivity contribution in [3.8, 4) is 0 Å². The predicted octanol–water partition coefficient (Wildman–Crippen LogP) is 5.17. The number of carbonyl (C=O) groups is 1. The number of β-amino-alcohol motifs (C(OH)–C–C–N with tert-alkyl or cyclic N) is 1. The van der Waals surface area contributed by atoms with Gasteiger partial charge in [-0.3, -0.25) is 4.79 Å². The van der Waals surface area contributed by atoms with Gasteiger partial charge in [-0.25, -0.2) is 8.78 Å². The van der Waals surface area contributed by atoms with Gasteiger partial charge in [0.25, 0.3) is 5.91 Å². The molecule has 3 aromatic carbocycles. The average Bonchev–Trinajstić information content (AvgIpc) is 2.85. The van der Waals surface area contributed by atoms with Gasteiger partial charge in [-0.15, -0.1) is 24.8 Å². The second kappa shape index (κ2) is 14.3. The molecule has 1 aliphatic heterocycles. The first-order valence-corrected chi connectivity index (χ1v) is 12.0. The third kappa shape index (κ3) is 8.40. The molecule has 1 amide bonds. The Morgan fingerprint density at radius 2 is 1.49 bits per heavy atom. The molecule has 1 fully saturated rings. The van der Waals surface area contributed by atoms with Crippen molar-refractivity contribution >= 4 is 36.4 Å². The summed E-state index contributed by atoms with van der Waals surface area (Å²) in [5, 5.41) is 13.6. The molecule has 2 atom stereocenters. The topological polar surface area (TPSA) is 78.6 Å². The fourth-order valence-corrected chi connectivity index (χ4v) is 4.69. The first-order chi connectivity index (χ1) is 16.9. The van der Waals surface area contributed by atoms with Crippen LogP contribution in [0.5, 0.6) is 0 Å². The summed E-state index contributed by atoms with van der Waals surface area (Å²) in [5.74, 6) is -0.763. The third-order valence-electron chi connectivity index (χ3n) is 6.67. The van der Waals surface area contributed by atoms with Gasteiger partial charge in [0.1, 0.15) is 11.6 Å². The second-order valence-corrected chi connectivity index (χ2v) is 9.16. The zero-order valence-corrected chi connectivity index (χ0v) is 22.0. The van der Waals surface area contributed by atoms with Crippen LogP contribution in [0, 0.1) is 11.6 Å². The minimum Gasteiger partial charge on any atom is -0.399 e. The number of carbonyl (C=O) groups excluding carboxylic acids is 1. The zero-order chi connectivity index (χ0) is 24.8. The number of halogens is 4. The number of aliphatic hydroxyl groups is 1. The minimum absolute atomic E-state index is 0. The molecular formula is C28H33Cl2F2N3O2. The fourth-order valence-electron chi connectivity index (χ4n) is 4.69. The predicted molar refractivity (Wildman–Crippen MR) is 148 cm³/mol. The van der Waals surface area contributed by atoms with E-state index in [1.165, 1.54) is 24.3 Å². The van der Waals surface area contributed by atoms with Crippen LogP contribution >= 0.6 is 24.8 Å². The Hall–Kier alpha value is -2.71. The van der Waals surface area contributed by atoms with E-state index in [0.717, 1.165) is 37.1 Å². The van der Waals surface area contributed by atoms with E-state index in [2.05, 4.69) is 10.2 Å². The van der Waals surface area contributed by atoms with Crippen molar-refractivity contribution in [3.05, 3.63) is 101 Å². The van der Waals surface area contributed by atoms with Crippen molar-refractivity contribution in [2.24, 2.45) is 0 Å². The van der Waals surface area contributed by atoms with E-state index in [0.29, 0.717) is 24.2 Å². The lowest BCUT2D eigenvalue weighted by Gasteiger charge is -2.36. The van der Waals surface area contributed by atoms with Gasteiger partial charge >= 0.3 is 0 Å². The Balaban J connectivity index is 0.00000241. The van der Waals surface area contributed by atoms with E-state index in [9.17, 15) is 18.7 Å². The van der Waals surface area contributed by atoms with Gasteiger partial charge in [0, 0.05) is 30.3 Å². The molecule has 4 N–H and O–H groups in total. The van der Waals surface area contributed by atoms with Gasteiger partial charge in [0.15, 0.2) is 0 Å². The van der Waals surface area contributed by atoms with Gasteiger partial charge < -0.3 is 21.1 Å². The van der Waals surface area contributed by atoms with E-state index >= 15 is 0 Å². The highest BCUT2D eigenvalue weighted by Gasteiger charge is 2.29. The van der Waals surface area contributed by atoms with Crippen LogP contribution in [-0.2, 0) is 0 Å². The Bertz CT molecular complexity index is 1070. The number of benzene rings is 3. The second-order valence-electron chi connectivity index (χ2n) is 9.16. The number of amides is 1. The summed E-state index contributed by atoms with van der Waals surface area (Å²) < 4.78 is 26.9. The van der Waals surface area contributed by atoms with Crippen LogP contribution < -0.4 is 11.1 Å². The van der Waals surface area contributed by atoms with E-state index < -0.39 is 6.10 Å². The summed E-state index contributed by atoms with van der Waals surface area (Å²) in [6.07, 6.45) is 1.66.